The SMILES string of the molecule is C=CCN1C(=O)C(Nc2ccc(NC(C)=O)cc2)=C(c2ccc(Cl)cc2)C1=O. The van der Waals surface area contributed by atoms with Gasteiger partial charge in [-0.2, -0.15) is 0 Å². The standard InChI is InChI=1S/C21H18ClN3O3/c1-3-12-25-20(27)18(14-4-6-15(22)7-5-14)19(21(25)28)24-17-10-8-16(9-11-17)23-13(2)26/h3-11,24H,1,12H2,2H3,(H,23,26). The Bertz CT molecular complexity index is 979. The summed E-state index contributed by atoms with van der Waals surface area (Å²) < 4.78 is 0. The van der Waals surface area contributed by atoms with Crippen molar-refractivity contribution in [2.24, 2.45) is 0 Å². The molecule has 0 unspecified atom stereocenters. The van der Waals surface area contributed by atoms with Crippen LogP contribution in [0.15, 0.2) is 66.9 Å². The van der Waals surface area contributed by atoms with E-state index in [1.165, 1.54) is 13.0 Å². The van der Waals surface area contributed by atoms with Crippen molar-refractivity contribution in [2.75, 3.05) is 17.2 Å². The average Bonchev–Trinajstić information content (AvgIpc) is 2.88. The number of amides is 3. The van der Waals surface area contributed by atoms with Crippen molar-refractivity contribution in [1.29, 1.82) is 0 Å². The largest absolute Gasteiger partial charge is 0.350 e. The number of carbonyl (C=O) groups excluding carboxylic acids is 3. The number of nitrogens with zero attached hydrogens (tertiary/aromatic N) is 1. The Kier molecular flexibility index (Phi) is 5.61. The van der Waals surface area contributed by atoms with Crippen molar-refractivity contribution in [1.82, 2.24) is 4.90 Å². The van der Waals surface area contributed by atoms with Gasteiger partial charge in [-0.05, 0) is 42.0 Å². The molecular formula is C21H18ClN3O3. The van der Waals surface area contributed by atoms with Crippen molar-refractivity contribution >= 4 is 46.3 Å². The Labute approximate surface area is 167 Å². The molecule has 0 aliphatic carbocycles. The number of hydrogen-bond acceptors (Lipinski definition) is 4. The number of halogens is 1. The Morgan fingerprint density at radius 1 is 1.04 bits per heavy atom. The van der Waals surface area contributed by atoms with E-state index in [1.807, 2.05) is 0 Å². The van der Waals surface area contributed by atoms with Crippen LogP contribution in [0.1, 0.15) is 12.5 Å². The maximum absolute atomic E-state index is 12.8. The lowest BCUT2D eigenvalue weighted by atomic mass is 10.0. The molecule has 1 aliphatic heterocycles. The van der Waals surface area contributed by atoms with E-state index in [0.29, 0.717) is 22.0 Å². The second-order valence-electron chi connectivity index (χ2n) is 6.15. The van der Waals surface area contributed by atoms with Crippen LogP contribution in [0.3, 0.4) is 0 Å². The minimum atomic E-state index is -0.430. The minimum Gasteiger partial charge on any atom is -0.350 e. The number of hydrogen-bond donors (Lipinski definition) is 2. The number of nitrogens with one attached hydrogen (secondary N) is 2. The zero-order valence-electron chi connectivity index (χ0n) is 15.2. The van der Waals surface area contributed by atoms with Gasteiger partial charge in [0.25, 0.3) is 11.8 Å². The summed E-state index contributed by atoms with van der Waals surface area (Å²) in [5.41, 5.74) is 2.28. The number of anilines is 2. The molecule has 0 radical (unpaired) electrons. The number of rotatable bonds is 6. The highest BCUT2D eigenvalue weighted by Gasteiger charge is 2.38. The normalized spacial score (nSPS) is 13.7. The van der Waals surface area contributed by atoms with Gasteiger partial charge in [0.1, 0.15) is 5.70 Å². The van der Waals surface area contributed by atoms with Gasteiger partial charge in [0, 0.05) is 29.9 Å². The summed E-state index contributed by atoms with van der Waals surface area (Å²) in [6.45, 7) is 5.14. The van der Waals surface area contributed by atoms with Gasteiger partial charge < -0.3 is 10.6 Å². The van der Waals surface area contributed by atoms with Gasteiger partial charge >= 0.3 is 0 Å². The smallest absolute Gasteiger partial charge is 0.278 e. The van der Waals surface area contributed by atoms with Gasteiger partial charge in [0.2, 0.25) is 5.91 Å². The van der Waals surface area contributed by atoms with Crippen molar-refractivity contribution < 1.29 is 14.4 Å². The first-order valence-electron chi connectivity index (χ1n) is 8.52. The van der Waals surface area contributed by atoms with E-state index in [0.717, 1.165) is 4.90 Å². The highest BCUT2D eigenvalue weighted by molar-refractivity contribution is 6.37. The van der Waals surface area contributed by atoms with Crippen LogP contribution in [0.2, 0.25) is 5.02 Å². The molecule has 7 heteroatoms. The molecule has 28 heavy (non-hydrogen) atoms. The third kappa shape index (κ3) is 3.97. The molecule has 1 heterocycles. The van der Waals surface area contributed by atoms with Gasteiger partial charge in [-0.25, -0.2) is 0 Å². The Balaban J connectivity index is 1.98. The second-order valence-corrected chi connectivity index (χ2v) is 6.59. The molecule has 1 aliphatic rings. The highest BCUT2D eigenvalue weighted by Crippen LogP contribution is 2.31. The van der Waals surface area contributed by atoms with Crippen molar-refractivity contribution in [2.45, 2.75) is 6.92 Å². The summed E-state index contributed by atoms with van der Waals surface area (Å²) in [4.78, 5) is 37.9. The lowest BCUT2D eigenvalue weighted by Crippen LogP contribution is -2.32. The van der Waals surface area contributed by atoms with Gasteiger partial charge in [-0.3, -0.25) is 19.3 Å². The summed E-state index contributed by atoms with van der Waals surface area (Å²) in [5, 5.41) is 6.25. The molecule has 142 valence electrons. The molecule has 6 nitrogen and oxygen atoms in total. The quantitative estimate of drug-likeness (QED) is 0.577. The lowest BCUT2D eigenvalue weighted by molar-refractivity contribution is -0.136. The summed E-state index contributed by atoms with van der Waals surface area (Å²) in [5.74, 6) is -1.00. The third-order valence-electron chi connectivity index (χ3n) is 4.09. The zero-order chi connectivity index (χ0) is 20.3. The molecule has 2 N–H and O–H groups in total. The van der Waals surface area contributed by atoms with Crippen LogP contribution in [-0.4, -0.2) is 29.2 Å². The monoisotopic (exact) mass is 395 g/mol. The fourth-order valence-electron chi connectivity index (χ4n) is 2.86. The summed E-state index contributed by atoms with van der Waals surface area (Å²) in [6, 6.07) is 13.6. The average molecular weight is 396 g/mol. The van der Waals surface area contributed by atoms with Gasteiger partial charge in [-0.15, -0.1) is 6.58 Å². The van der Waals surface area contributed by atoms with Crippen LogP contribution in [0.25, 0.3) is 5.57 Å². The van der Waals surface area contributed by atoms with E-state index < -0.39 is 11.8 Å². The lowest BCUT2D eigenvalue weighted by Gasteiger charge is -2.12. The number of imide groups is 1. The third-order valence-corrected chi connectivity index (χ3v) is 4.34. The molecule has 0 bridgehead atoms. The molecular weight excluding hydrogens is 378 g/mol. The fraction of sp³-hybridized carbons (Fsp3) is 0.0952. The van der Waals surface area contributed by atoms with Crippen molar-refractivity contribution in [3.63, 3.8) is 0 Å². The van der Waals surface area contributed by atoms with Gasteiger partial charge in [-0.1, -0.05) is 29.8 Å². The van der Waals surface area contributed by atoms with Gasteiger partial charge in [0.15, 0.2) is 0 Å². The Morgan fingerprint density at radius 3 is 2.21 bits per heavy atom. The Morgan fingerprint density at radius 2 is 1.64 bits per heavy atom. The summed E-state index contributed by atoms with van der Waals surface area (Å²) in [7, 11) is 0. The first-order valence-corrected chi connectivity index (χ1v) is 8.90. The topological polar surface area (TPSA) is 78.5 Å². The van der Waals surface area contributed by atoms with Crippen LogP contribution in [0.5, 0.6) is 0 Å². The van der Waals surface area contributed by atoms with E-state index in [4.69, 9.17) is 11.6 Å². The van der Waals surface area contributed by atoms with E-state index in [1.54, 1.807) is 48.5 Å². The maximum atomic E-state index is 12.8. The van der Waals surface area contributed by atoms with E-state index >= 15 is 0 Å². The van der Waals surface area contributed by atoms with Crippen LogP contribution in [0, 0.1) is 0 Å². The predicted molar refractivity (Wildman–Crippen MR) is 110 cm³/mol. The van der Waals surface area contributed by atoms with Crippen molar-refractivity contribution in [3.8, 4) is 0 Å². The molecule has 0 atom stereocenters. The molecule has 0 saturated heterocycles. The van der Waals surface area contributed by atoms with Crippen LogP contribution in [0.4, 0.5) is 11.4 Å². The predicted octanol–water partition coefficient (Wildman–Crippen LogP) is 3.68. The molecule has 2 aromatic carbocycles. The summed E-state index contributed by atoms with van der Waals surface area (Å²) in [6.07, 6.45) is 1.50. The zero-order valence-corrected chi connectivity index (χ0v) is 15.9. The number of carbonyl (C=O) groups is 3. The molecule has 0 saturated carbocycles. The molecule has 0 fully saturated rings. The molecule has 3 rings (SSSR count). The molecule has 3 amide bonds. The summed E-state index contributed by atoms with van der Waals surface area (Å²) >= 11 is 5.94. The molecule has 0 aromatic heterocycles. The maximum Gasteiger partial charge on any atom is 0.278 e. The fourth-order valence-corrected chi connectivity index (χ4v) is 2.98. The first kappa shape index (κ1) is 19.4. The highest BCUT2D eigenvalue weighted by atomic mass is 35.5. The Hall–Kier alpha value is -3.38. The van der Waals surface area contributed by atoms with E-state index in [2.05, 4.69) is 17.2 Å². The van der Waals surface area contributed by atoms with Gasteiger partial charge in [0.05, 0.1) is 5.57 Å². The molecule has 2 aromatic rings. The van der Waals surface area contributed by atoms with Crippen LogP contribution in [-0.2, 0) is 14.4 Å². The van der Waals surface area contributed by atoms with E-state index in [-0.39, 0.29) is 23.7 Å². The minimum absolute atomic E-state index is 0.113. The van der Waals surface area contributed by atoms with E-state index in [9.17, 15) is 14.4 Å². The van der Waals surface area contributed by atoms with Crippen LogP contribution < -0.4 is 10.6 Å². The van der Waals surface area contributed by atoms with Crippen molar-refractivity contribution in [3.05, 3.63) is 77.5 Å². The van der Waals surface area contributed by atoms with Crippen LogP contribution >= 0.6 is 11.6 Å². The molecule has 0 spiro atoms. The first-order chi connectivity index (χ1) is 13.4. The second kappa shape index (κ2) is 8.10. The number of benzene rings is 2.